The summed E-state index contributed by atoms with van der Waals surface area (Å²) < 4.78 is 67.6. The summed E-state index contributed by atoms with van der Waals surface area (Å²) in [6.07, 6.45) is -4.74. The number of ether oxygens (including phenoxy) is 1. The van der Waals surface area contributed by atoms with Gasteiger partial charge < -0.3 is 4.74 Å². The van der Waals surface area contributed by atoms with E-state index in [1.165, 1.54) is 0 Å². The Morgan fingerprint density at radius 2 is 1.80 bits per heavy atom. The number of hydrogen-bond donors (Lipinski definition) is 0. The molecule has 0 amide bonds. The van der Waals surface area contributed by atoms with Gasteiger partial charge in [-0.05, 0) is 19.1 Å². The van der Waals surface area contributed by atoms with Crippen LogP contribution in [-0.4, -0.2) is 21.3 Å². The zero-order valence-electron chi connectivity index (χ0n) is 11.9. The molecule has 1 aromatic heterocycles. The third kappa shape index (κ3) is 3.76. The Labute approximate surface area is 145 Å². The molecule has 0 N–H and O–H groups in total. The minimum atomic E-state index is -4.74. The molecule has 2 rings (SSSR count). The molecule has 0 atom stereocenters. The van der Waals surface area contributed by atoms with Gasteiger partial charge in [0.1, 0.15) is 11.4 Å². The van der Waals surface area contributed by atoms with Gasteiger partial charge in [0.2, 0.25) is 0 Å². The molecule has 13 heteroatoms. The zero-order chi connectivity index (χ0) is 19.1. The van der Waals surface area contributed by atoms with E-state index in [1.807, 2.05) is 0 Å². The number of benzene rings is 1. The van der Waals surface area contributed by atoms with Crippen LogP contribution in [0.15, 0.2) is 12.1 Å². The third-order valence-electron chi connectivity index (χ3n) is 2.99. The lowest BCUT2D eigenvalue weighted by atomic mass is 10.2. The minimum absolute atomic E-state index is 0.316. The first-order valence-corrected chi connectivity index (χ1v) is 6.94. The summed E-state index contributed by atoms with van der Waals surface area (Å²) >= 11 is 11.6. The van der Waals surface area contributed by atoms with E-state index in [-0.39, 0.29) is 11.4 Å². The van der Waals surface area contributed by atoms with Crippen molar-refractivity contribution in [3.05, 3.63) is 43.5 Å². The molecule has 0 aliphatic carbocycles. The Morgan fingerprint density at radius 3 is 2.20 bits per heavy atom. The average molecular weight is 406 g/mol. The van der Waals surface area contributed by atoms with Gasteiger partial charge in [-0.2, -0.15) is 22.0 Å². The lowest BCUT2D eigenvalue weighted by molar-refractivity contribution is -0.387. The van der Waals surface area contributed by atoms with Crippen LogP contribution < -0.4 is 4.74 Å². The van der Waals surface area contributed by atoms with E-state index in [9.17, 15) is 32.1 Å². The van der Waals surface area contributed by atoms with Gasteiger partial charge in [0.15, 0.2) is 0 Å². The number of nitro groups is 1. The van der Waals surface area contributed by atoms with E-state index >= 15 is 0 Å². The molecular weight excluding hydrogens is 400 g/mol. The highest BCUT2D eigenvalue weighted by Gasteiger charge is 2.34. The Kier molecular flexibility index (Phi) is 5.09. The molecule has 136 valence electrons. The summed E-state index contributed by atoms with van der Waals surface area (Å²) in [7, 11) is 0. The molecule has 2 aromatic rings. The SMILES string of the molecule is Cc1c([N+](=O)[O-])c(OC(F)F)nn1-c1c(Cl)cc(C(F)(F)F)cc1Cl. The van der Waals surface area contributed by atoms with Gasteiger partial charge >= 0.3 is 24.4 Å². The van der Waals surface area contributed by atoms with Gasteiger partial charge in [0.25, 0.3) is 0 Å². The predicted octanol–water partition coefficient (Wildman–Crippen LogP) is 5.02. The van der Waals surface area contributed by atoms with E-state index < -0.39 is 44.9 Å². The molecule has 6 nitrogen and oxygen atoms in total. The summed E-state index contributed by atoms with van der Waals surface area (Å²) in [6, 6.07) is 1.06. The summed E-state index contributed by atoms with van der Waals surface area (Å²) in [5, 5.41) is 13.4. The van der Waals surface area contributed by atoms with Crippen LogP contribution in [0.1, 0.15) is 11.3 Å². The topological polar surface area (TPSA) is 70.2 Å². The number of halogens is 7. The first kappa shape index (κ1) is 19.2. The van der Waals surface area contributed by atoms with Crippen molar-refractivity contribution in [2.24, 2.45) is 0 Å². The monoisotopic (exact) mass is 405 g/mol. The summed E-state index contributed by atoms with van der Waals surface area (Å²) in [5.41, 5.74) is -2.72. The van der Waals surface area contributed by atoms with Crippen LogP contribution in [-0.2, 0) is 6.18 Å². The van der Waals surface area contributed by atoms with Crippen LogP contribution in [0.5, 0.6) is 5.88 Å². The van der Waals surface area contributed by atoms with Gasteiger partial charge in [-0.15, -0.1) is 5.10 Å². The Morgan fingerprint density at radius 1 is 1.28 bits per heavy atom. The number of rotatable bonds is 4. The highest BCUT2D eigenvalue weighted by molar-refractivity contribution is 6.37. The minimum Gasteiger partial charge on any atom is -0.410 e. The highest BCUT2D eigenvalue weighted by Crippen LogP contribution is 2.40. The first-order valence-electron chi connectivity index (χ1n) is 6.19. The second-order valence-corrected chi connectivity index (χ2v) is 5.39. The van der Waals surface area contributed by atoms with Crippen LogP contribution in [0.2, 0.25) is 10.0 Å². The summed E-state index contributed by atoms with van der Waals surface area (Å²) in [4.78, 5) is 10.0. The maximum Gasteiger partial charge on any atom is 0.416 e. The van der Waals surface area contributed by atoms with E-state index in [0.717, 1.165) is 6.92 Å². The van der Waals surface area contributed by atoms with Crippen molar-refractivity contribution in [2.75, 3.05) is 0 Å². The fourth-order valence-electron chi connectivity index (χ4n) is 1.99. The smallest absolute Gasteiger partial charge is 0.410 e. The maximum atomic E-state index is 12.7. The molecule has 1 heterocycles. The molecule has 0 saturated heterocycles. The maximum absolute atomic E-state index is 12.7. The molecule has 0 aliphatic heterocycles. The molecular formula is C12H6Cl2F5N3O3. The second kappa shape index (κ2) is 6.64. The van der Waals surface area contributed by atoms with Crippen molar-refractivity contribution in [3.63, 3.8) is 0 Å². The van der Waals surface area contributed by atoms with E-state index in [1.54, 1.807) is 0 Å². The lowest BCUT2D eigenvalue weighted by Crippen LogP contribution is -2.08. The lowest BCUT2D eigenvalue weighted by Gasteiger charge is -2.12. The van der Waals surface area contributed by atoms with E-state index in [0.29, 0.717) is 16.8 Å². The van der Waals surface area contributed by atoms with Crippen molar-refractivity contribution >= 4 is 28.9 Å². The number of nitrogens with zero attached hydrogens (tertiary/aromatic N) is 3. The largest absolute Gasteiger partial charge is 0.416 e. The van der Waals surface area contributed by atoms with Crippen LogP contribution in [0.3, 0.4) is 0 Å². The molecule has 0 saturated carbocycles. The third-order valence-corrected chi connectivity index (χ3v) is 3.57. The van der Waals surface area contributed by atoms with Gasteiger partial charge in [-0.25, -0.2) is 4.68 Å². The van der Waals surface area contributed by atoms with E-state index in [4.69, 9.17) is 23.2 Å². The van der Waals surface area contributed by atoms with Crippen molar-refractivity contribution < 1.29 is 31.6 Å². The zero-order valence-corrected chi connectivity index (χ0v) is 13.5. The van der Waals surface area contributed by atoms with Gasteiger partial charge in [-0.3, -0.25) is 10.1 Å². The quantitative estimate of drug-likeness (QED) is 0.407. The Bertz CT molecular complexity index is 815. The standard InChI is InChI=1S/C12H6Cl2F5N3O3/c1-4-8(22(23)24)10(25-11(15)16)20-21(4)9-6(13)2-5(3-7(9)14)12(17,18)19/h2-3,11H,1H3. The van der Waals surface area contributed by atoms with E-state index in [2.05, 4.69) is 9.84 Å². The predicted molar refractivity (Wildman–Crippen MR) is 76.6 cm³/mol. The summed E-state index contributed by atoms with van der Waals surface area (Å²) in [6.45, 7) is -2.28. The molecule has 25 heavy (non-hydrogen) atoms. The molecule has 0 unspecified atom stereocenters. The number of alkyl halides is 5. The molecule has 0 bridgehead atoms. The Hall–Kier alpha value is -2.14. The van der Waals surface area contributed by atoms with Crippen LogP contribution >= 0.6 is 23.2 Å². The van der Waals surface area contributed by atoms with Crippen LogP contribution in [0, 0.1) is 17.0 Å². The molecule has 0 aliphatic rings. The highest BCUT2D eigenvalue weighted by atomic mass is 35.5. The first-order chi connectivity index (χ1) is 11.4. The van der Waals surface area contributed by atoms with Crippen molar-refractivity contribution in [1.82, 2.24) is 9.78 Å². The summed E-state index contributed by atoms with van der Waals surface area (Å²) in [5.74, 6) is -1.02. The van der Waals surface area contributed by atoms with Gasteiger partial charge in [0, 0.05) is 0 Å². The van der Waals surface area contributed by atoms with Crippen molar-refractivity contribution in [1.29, 1.82) is 0 Å². The van der Waals surface area contributed by atoms with Crippen LogP contribution in [0.4, 0.5) is 27.6 Å². The van der Waals surface area contributed by atoms with Gasteiger partial charge in [0.05, 0.1) is 20.5 Å². The fraction of sp³-hybridized carbons (Fsp3) is 0.250. The van der Waals surface area contributed by atoms with Gasteiger partial charge in [-0.1, -0.05) is 23.2 Å². The van der Waals surface area contributed by atoms with Crippen LogP contribution in [0.25, 0.3) is 5.69 Å². The Balaban J connectivity index is 2.69. The molecule has 0 spiro atoms. The number of aromatic nitrogens is 2. The molecule has 0 fully saturated rings. The normalized spacial score (nSPS) is 11.9. The second-order valence-electron chi connectivity index (χ2n) is 4.57. The van der Waals surface area contributed by atoms with Crippen molar-refractivity contribution in [2.45, 2.75) is 19.7 Å². The molecule has 1 aromatic carbocycles. The average Bonchev–Trinajstić information content (AvgIpc) is 2.72. The number of hydrogen-bond acceptors (Lipinski definition) is 4. The van der Waals surface area contributed by atoms with Crippen molar-refractivity contribution in [3.8, 4) is 11.6 Å². The fourth-order valence-corrected chi connectivity index (χ4v) is 2.64. The molecule has 0 radical (unpaired) electrons.